The lowest BCUT2D eigenvalue weighted by Crippen LogP contribution is -1.98. The first-order valence-electron chi connectivity index (χ1n) is 6.83. The number of halogens is 2. The molecule has 0 saturated carbocycles. The lowest BCUT2D eigenvalue weighted by atomic mass is 9.95. The minimum absolute atomic E-state index is 0.293. The molecule has 3 heteroatoms. The van der Waals surface area contributed by atoms with Crippen LogP contribution in [0.2, 0.25) is 5.02 Å². The maximum atomic E-state index is 13.8. The van der Waals surface area contributed by atoms with E-state index in [1.807, 2.05) is 19.1 Å². The van der Waals surface area contributed by atoms with E-state index in [1.54, 1.807) is 12.1 Å². The largest absolute Gasteiger partial charge is 0.507 e. The van der Waals surface area contributed by atoms with Crippen LogP contribution in [0.4, 0.5) is 4.39 Å². The van der Waals surface area contributed by atoms with Crippen molar-refractivity contribution in [3.05, 3.63) is 63.4 Å². The van der Waals surface area contributed by atoms with Gasteiger partial charge in [-0.3, -0.25) is 0 Å². The van der Waals surface area contributed by atoms with E-state index in [2.05, 4.69) is 6.92 Å². The highest BCUT2D eigenvalue weighted by atomic mass is 35.5. The molecule has 106 valence electrons. The first-order valence-corrected chi connectivity index (χ1v) is 7.21. The Hall–Kier alpha value is -1.54. The summed E-state index contributed by atoms with van der Waals surface area (Å²) in [6.07, 6.45) is 2.02. The third-order valence-corrected chi connectivity index (χ3v) is 3.83. The van der Waals surface area contributed by atoms with Gasteiger partial charge in [0.25, 0.3) is 0 Å². The molecular formula is C17H18ClFO. The zero-order chi connectivity index (χ0) is 14.7. The Morgan fingerprint density at radius 3 is 2.25 bits per heavy atom. The quantitative estimate of drug-likeness (QED) is 0.850. The summed E-state index contributed by atoms with van der Waals surface area (Å²) >= 11 is 5.75. The number of aromatic hydroxyl groups is 1. The van der Waals surface area contributed by atoms with Crippen LogP contribution < -0.4 is 0 Å². The monoisotopic (exact) mass is 292 g/mol. The van der Waals surface area contributed by atoms with Crippen molar-refractivity contribution in [2.45, 2.75) is 33.1 Å². The Labute approximate surface area is 124 Å². The molecule has 2 aromatic rings. The highest BCUT2D eigenvalue weighted by molar-refractivity contribution is 6.30. The number of rotatable bonds is 4. The van der Waals surface area contributed by atoms with E-state index in [1.165, 1.54) is 6.07 Å². The van der Waals surface area contributed by atoms with E-state index < -0.39 is 0 Å². The molecule has 0 fully saturated rings. The van der Waals surface area contributed by atoms with Crippen LogP contribution in [0.15, 0.2) is 30.3 Å². The smallest absolute Gasteiger partial charge is 0.128 e. The summed E-state index contributed by atoms with van der Waals surface area (Å²) in [4.78, 5) is 0. The molecule has 0 saturated heterocycles. The minimum atomic E-state index is -0.338. The van der Waals surface area contributed by atoms with Crippen molar-refractivity contribution >= 4 is 11.6 Å². The zero-order valence-electron chi connectivity index (χ0n) is 11.7. The molecule has 0 aromatic heterocycles. The first-order chi connectivity index (χ1) is 9.56. The van der Waals surface area contributed by atoms with Gasteiger partial charge in [0.15, 0.2) is 0 Å². The molecule has 0 atom stereocenters. The Bertz CT molecular complexity index is 623. The maximum Gasteiger partial charge on any atom is 0.128 e. The van der Waals surface area contributed by atoms with Crippen LogP contribution in [0.5, 0.6) is 5.75 Å². The fourth-order valence-electron chi connectivity index (χ4n) is 2.47. The summed E-state index contributed by atoms with van der Waals surface area (Å²) in [5.74, 6) is -0.0456. The van der Waals surface area contributed by atoms with Gasteiger partial charge in [-0.05, 0) is 47.2 Å². The average Bonchev–Trinajstić information content (AvgIpc) is 2.43. The van der Waals surface area contributed by atoms with Crippen molar-refractivity contribution < 1.29 is 9.50 Å². The van der Waals surface area contributed by atoms with Gasteiger partial charge in [0.1, 0.15) is 11.6 Å². The predicted molar refractivity (Wildman–Crippen MR) is 81.1 cm³/mol. The van der Waals surface area contributed by atoms with Crippen molar-refractivity contribution in [2.24, 2.45) is 0 Å². The second kappa shape index (κ2) is 6.27. The van der Waals surface area contributed by atoms with Crippen LogP contribution >= 0.6 is 11.6 Å². The van der Waals surface area contributed by atoms with Gasteiger partial charge in [-0.15, -0.1) is 0 Å². The Morgan fingerprint density at radius 2 is 1.65 bits per heavy atom. The summed E-state index contributed by atoms with van der Waals surface area (Å²) in [5.41, 5.74) is 3.39. The molecule has 2 rings (SSSR count). The van der Waals surface area contributed by atoms with Gasteiger partial charge in [-0.25, -0.2) is 4.39 Å². The van der Waals surface area contributed by atoms with Crippen LogP contribution in [0.25, 0.3) is 0 Å². The van der Waals surface area contributed by atoms with Crippen LogP contribution in [0, 0.1) is 5.82 Å². The van der Waals surface area contributed by atoms with Gasteiger partial charge in [0, 0.05) is 11.4 Å². The molecule has 1 nitrogen and oxygen atoms in total. The third-order valence-electron chi connectivity index (χ3n) is 3.59. The van der Waals surface area contributed by atoms with E-state index in [9.17, 15) is 9.50 Å². The van der Waals surface area contributed by atoms with Crippen molar-refractivity contribution in [1.29, 1.82) is 0 Å². The molecule has 1 N–H and O–H groups in total. The van der Waals surface area contributed by atoms with Gasteiger partial charge in [0.2, 0.25) is 0 Å². The lowest BCUT2D eigenvalue weighted by molar-refractivity contribution is 0.461. The SMILES string of the molecule is CCc1ccc(Cc2ccc(Cl)cc2F)c(O)c1CC. The van der Waals surface area contributed by atoms with Crippen molar-refractivity contribution in [1.82, 2.24) is 0 Å². The molecule has 2 aromatic carbocycles. The molecule has 20 heavy (non-hydrogen) atoms. The van der Waals surface area contributed by atoms with Gasteiger partial charge < -0.3 is 5.11 Å². The van der Waals surface area contributed by atoms with Gasteiger partial charge in [-0.1, -0.05) is 43.6 Å². The van der Waals surface area contributed by atoms with E-state index in [0.717, 1.165) is 29.5 Å². The molecule has 0 radical (unpaired) electrons. The second-order valence-corrected chi connectivity index (χ2v) is 5.27. The summed E-state index contributed by atoms with van der Waals surface area (Å²) in [7, 11) is 0. The average molecular weight is 293 g/mol. The van der Waals surface area contributed by atoms with Crippen LogP contribution in [0.3, 0.4) is 0 Å². The maximum absolute atomic E-state index is 13.8. The number of hydrogen-bond acceptors (Lipinski definition) is 1. The van der Waals surface area contributed by atoms with Gasteiger partial charge in [-0.2, -0.15) is 0 Å². The van der Waals surface area contributed by atoms with E-state index in [-0.39, 0.29) is 5.82 Å². The molecule has 0 aliphatic heterocycles. The number of benzene rings is 2. The van der Waals surface area contributed by atoms with Crippen LogP contribution in [-0.2, 0) is 19.3 Å². The van der Waals surface area contributed by atoms with Crippen LogP contribution in [0.1, 0.15) is 36.1 Å². The molecule has 0 amide bonds. The van der Waals surface area contributed by atoms with Crippen molar-refractivity contribution in [3.8, 4) is 5.75 Å². The molecule has 0 heterocycles. The van der Waals surface area contributed by atoms with Crippen molar-refractivity contribution in [3.63, 3.8) is 0 Å². The fourth-order valence-corrected chi connectivity index (χ4v) is 2.62. The fraction of sp³-hybridized carbons (Fsp3) is 0.294. The third kappa shape index (κ3) is 2.96. The van der Waals surface area contributed by atoms with Crippen molar-refractivity contribution in [2.75, 3.05) is 0 Å². The number of hydrogen-bond donors (Lipinski definition) is 1. The first kappa shape index (κ1) is 14.9. The van der Waals surface area contributed by atoms with E-state index >= 15 is 0 Å². The van der Waals surface area contributed by atoms with E-state index in [0.29, 0.717) is 22.8 Å². The number of aryl methyl sites for hydroxylation is 1. The van der Waals surface area contributed by atoms with E-state index in [4.69, 9.17) is 11.6 Å². The molecule has 0 unspecified atom stereocenters. The minimum Gasteiger partial charge on any atom is -0.507 e. The molecule has 0 spiro atoms. The lowest BCUT2D eigenvalue weighted by Gasteiger charge is -2.13. The molecule has 0 bridgehead atoms. The second-order valence-electron chi connectivity index (χ2n) is 4.83. The summed E-state index contributed by atoms with van der Waals surface area (Å²) in [6.45, 7) is 4.08. The Morgan fingerprint density at radius 1 is 1.00 bits per heavy atom. The number of phenolic OH excluding ortho intramolecular Hbond substituents is 1. The standard InChI is InChI=1S/C17H18ClFO/c1-3-11-5-6-13(17(20)15(11)4-2)9-12-7-8-14(18)10-16(12)19/h5-8,10,20H,3-4,9H2,1-2H3. The Kier molecular flexibility index (Phi) is 4.66. The Balaban J connectivity index is 2.39. The summed E-state index contributed by atoms with van der Waals surface area (Å²) in [6, 6.07) is 8.52. The zero-order valence-corrected chi connectivity index (χ0v) is 12.5. The predicted octanol–water partition coefficient (Wildman–Crippen LogP) is 4.90. The highest BCUT2D eigenvalue weighted by Gasteiger charge is 2.12. The molecule has 0 aliphatic carbocycles. The molecular weight excluding hydrogens is 275 g/mol. The number of phenols is 1. The van der Waals surface area contributed by atoms with Crippen LogP contribution in [-0.4, -0.2) is 5.11 Å². The summed E-state index contributed by atoms with van der Waals surface area (Å²) in [5, 5.41) is 10.7. The topological polar surface area (TPSA) is 20.2 Å². The summed E-state index contributed by atoms with van der Waals surface area (Å²) < 4.78 is 13.8. The molecule has 0 aliphatic rings. The van der Waals surface area contributed by atoms with Gasteiger partial charge in [0.05, 0.1) is 0 Å². The normalized spacial score (nSPS) is 10.8. The highest BCUT2D eigenvalue weighted by Crippen LogP contribution is 2.30. The van der Waals surface area contributed by atoms with Gasteiger partial charge >= 0.3 is 0 Å².